The second-order valence-electron chi connectivity index (χ2n) is 4.54. The molecule has 0 N–H and O–H groups in total. The molecule has 0 saturated carbocycles. The Balaban J connectivity index is 0.000000956. The number of carbonyl (C=O) groups excluding carboxylic acids is 1. The zero-order valence-corrected chi connectivity index (χ0v) is 12.7. The SMILES string of the molecule is CC.CCCCc1ccc(-c2ccc(C=O)cc2)cc1. The van der Waals surface area contributed by atoms with E-state index in [-0.39, 0.29) is 0 Å². The number of hydrogen-bond acceptors (Lipinski definition) is 1. The molecule has 0 unspecified atom stereocenters. The molecule has 1 heteroatoms. The zero-order chi connectivity index (χ0) is 14.8. The molecule has 106 valence electrons. The first-order chi connectivity index (χ1) is 9.83. The highest BCUT2D eigenvalue weighted by Crippen LogP contribution is 2.20. The normalized spacial score (nSPS) is 9.55. The molecule has 0 atom stereocenters. The smallest absolute Gasteiger partial charge is 0.150 e. The fourth-order valence-electron chi connectivity index (χ4n) is 2.00. The molecule has 0 aliphatic rings. The number of unbranched alkanes of at least 4 members (excludes halogenated alkanes) is 1. The van der Waals surface area contributed by atoms with E-state index in [0.29, 0.717) is 0 Å². The molecule has 2 aromatic rings. The van der Waals surface area contributed by atoms with Gasteiger partial charge >= 0.3 is 0 Å². The van der Waals surface area contributed by atoms with Gasteiger partial charge in [0, 0.05) is 5.56 Å². The van der Waals surface area contributed by atoms with Crippen LogP contribution in [0.1, 0.15) is 49.5 Å². The fourth-order valence-corrected chi connectivity index (χ4v) is 2.00. The molecule has 0 bridgehead atoms. The lowest BCUT2D eigenvalue weighted by Crippen LogP contribution is -1.85. The molecule has 2 aromatic carbocycles. The quantitative estimate of drug-likeness (QED) is 0.651. The fraction of sp³-hybridized carbons (Fsp3) is 0.316. The molecule has 0 saturated heterocycles. The van der Waals surface area contributed by atoms with E-state index in [1.807, 2.05) is 38.1 Å². The summed E-state index contributed by atoms with van der Waals surface area (Å²) in [7, 11) is 0. The van der Waals surface area contributed by atoms with Gasteiger partial charge in [-0.25, -0.2) is 0 Å². The summed E-state index contributed by atoms with van der Waals surface area (Å²) in [5.41, 5.74) is 4.47. The van der Waals surface area contributed by atoms with Gasteiger partial charge in [0.1, 0.15) is 6.29 Å². The standard InChI is InChI=1S/C17H18O.C2H6/c1-2-3-4-14-5-9-16(10-6-14)17-11-7-15(13-18)8-12-17;1-2/h5-13H,2-4H2,1H3;1-2H3. The van der Waals surface area contributed by atoms with E-state index in [4.69, 9.17) is 0 Å². The number of aryl methyl sites for hydroxylation is 1. The maximum absolute atomic E-state index is 10.6. The first-order valence-electron chi connectivity index (χ1n) is 7.48. The first kappa shape index (κ1) is 16.2. The largest absolute Gasteiger partial charge is 0.298 e. The molecule has 0 aliphatic heterocycles. The Kier molecular flexibility index (Phi) is 7.34. The summed E-state index contributed by atoms with van der Waals surface area (Å²) >= 11 is 0. The molecule has 0 heterocycles. The van der Waals surface area contributed by atoms with E-state index >= 15 is 0 Å². The first-order valence-corrected chi connectivity index (χ1v) is 7.48. The second-order valence-corrected chi connectivity index (χ2v) is 4.54. The van der Waals surface area contributed by atoms with Crippen molar-refractivity contribution in [1.29, 1.82) is 0 Å². The third-order valence-corrected chi connectivity index (χ3v) is 3.15. The molecule has 0 radical (unpaired) electrons. The Labute approximate surface area is 122 Å². The van der Waals surface area contributed by atoms with Crippen molar-refractivity contribution in [1.82, 2.24) is 0 Å². The molecule has 0 aromatic heterocycles. The van der Waals surface area contributed by atoms with Gasteiger partial charge < -0.3 is 0 Å². The average Bonchev–Trinajstić information content (AvgIpc) is 2.55. The minimum absolute atomic E-state index is 0.721. The van der Waals surface area contributed by atoms with Crippen LogP contribution >= 0.6 is 0 Å². The van der Waals surface area contributed by atoms with Gasteiger partial charge in [0.15, 0.2) is 0 Å². The summed E-state index contributed by atoms with van der Waals surface area (Å²) in [5.74, 6) is 0. The van der Waals surface area contributed by atoms with E-state index in [0.717, 1.165) is 23.8 Å². The summed E-state index contributed by atoms with van der Waals surface area (Å²) in [6, 6.07) is 16.4. The molecule has 2 rings (SSSR count). The highest BCUT2D eigenvalue weighted by atomic mass is 16.1. The van der Waals surface area contributed by atoms with Crippen LogP contribution in [0.5, 0.6) is 0 Å². The molecule has 0 aliphatic carbocycles. The molecule has 20 heavy (non-hydrogen) atoms. The van der Waals surface area contributed by atoms with Crippen molar-refractivity contribution < 1.29 is 4.79 Å². The van der Waals surface area contributed by atoms with Crippen molar-refractivity contribution in [2.45, 2.75) is 40.0 Å². The molecule has 1 nitrogen and oxygen atoms in total. The summed E-state index contributed by atoms with van der Waals surface area (Å²) in [5, 5.41) is 0. The van der Waals surface area contributed by atoms with Crippen LogP contribution in [0.15, 0.2) is 48.5 Å². The maximum Gasteiger partial charge on any atom is 0.150 e. The Hall–Kier alpha value is -1.89. The van der Waals surface area contributed by atoms with Gasteiger partial charge in [-0.05, 0) is 29.5 Å². The van der Waals surface area contributed by atoms with Crippen molar-refractivity contribution in [3.63, 3.8) is 0 Å². The minimum Gasteiger partial charge on any atom is -0.298 e. The highest BCUT2D eigenvalue weighted by molar-refractivity contribution is 5.76. The summed E-state index contributed by atoms with van der Waals surface area (Å²) in [4.78, 5) is 10.6. The predicted octanol–water partition coefficient (Wildman–Crippen LogP) is 5.53. The highest BCUT2D eigenvalue weighted by Gasteiger charge is 1.98. The third-order valence-electron chi connectivity index (χ3n) is 3.15. The van der Waals surface area contributed by atoms with Crippen LogP contribution in [0.25, 0.3) is 11.1 Å². The van der Waals surface area contributed by atoms with Gasteiger partial charge in [-0.15, -0.1) is 0 Å². The van der Waals surface area contributed by atoms with Crippen molar-refractivity contribution in [2.24, 2.45) is 0 Å². The number of benzene rings is 2. The van der Waals surface area contributed by atoms with Crippen molar-refractivity contribution in [2.75, 3.05) is 0 Å². The maximum atomic E-state index is 10.6. The summed E-state index contributed by atoms with van der Waals surface area (Å²) < 4.78 is 0. The van der Waals surface area contributed by atoms with Gasteiger partial charge in [-0.3, -0.25) is 4.79 Å². The van der Waals surface area contributed by atoms with Gasteiger partial charge in [-0.2, -0.15) is 0 Å². The van der Waals surface area contributed by atoms with Gasteiger partial charge in [0.2, 0.25) is 0 Å². The van der Waals surface area contributed by atoms with Crippen molar-refractivity contribution in [3.05, 3.63) is 59.7 Å². The van der Waals surface area contributed by atoms with Crippen LogP contribution in [0, 0.1) is 0 Å². The molecular weight excluding hydrogens is 244 g/mol. The monoisotopic (exact) mass is 268 g/mol. The van der Waals surface area contributed by atoms with E-state index in [1.165, 1.54) is 24.0 Å². The number of aldehydes is 1. The number of hydrogen-bond donors (Lipinski definition) is 0. The average molecular weight is 268 g/mol. The lowest BCUT2D eigenvalue weighted by atomic mass is 10.0. The van der Waals surface area contributed by atoms with Crippen molar-refractivity contribution in [3.8, 4) is 11.1 Å². The van der Waals surface area contributed by atoms with Crippen LogP contribution < -0.4 is 0 Å². The van der Waals surface area contributed by atoms with Gasteiger partial charge in [-0.1, -0.05) is 75.7 Å². The Bertz CT molecular complexity index is 494. The topological polar surface area (TPSA) is 17.1 Å². The lowest BCUT2D eigenvalue weighted by molar-refractivity contribution is 0.112. The summed E-state index contributed by atoms with van der Waals surface area (Å²) in [6.45, 7) is 6.21. The van der Waals surface area contributed by atoms with E-state index in [1.54, 1.807) is 0 Å². The Morgan fingerprint density at radius 3 is 1.80 bits per heavy atom. The molecule has 0 fully saturated rings. The van der Waals surface area contributed by atoms with Crippen LogP contribution in [-0.4, -0.2) is 6.29 Å². The van der Waals surface area contributed by atoms with Crippen LogP contribution in [0.3, 0.4) is 0 Å². The number of carbonyl (C=O) groups is 1. The Morgan fingerprint density at radius 2 is 1.35 bits per heavy atom. The second kappa shape index (κ2) is 9.08. The van der Waals surface area contributed by atoms with E-state index in [9.17, 15) is 4.79 Å². The lowest BCUT2D eigenvalue weighted by Gasteiger charge is -2.04. The Morgan fingerprint density at radius 1 is 0.850 bits per heavy atom. The van der Waals surface area contributed by atoms with Crippen LogP contribution in [0.2, 0.25) is 0 Å². The van der Waals surface area contributed by atoms with Crippen molar-refractivity contribution >= 4 is 6.29 Å². The molecular formula is C19H24O. The molecule has 0 amide bonds. The molecule has 0 spiro atoms. The minimum atomic E-state index is 0.721. The predicted molar refractivity (Wildman–Crippen MR) is 87.2 cm³/mol. The van der Waals surface area contributed by atoms with E-state index in [2.05, 4.69) is 31.2 Å². The number of rotatable bonds is 5. The summed E-state index contributed by atoms with van der Waals surface area (Å²) in [6.07, 6.45) is 4.50. The zero-order valence-electron chi connectivity index (χ0n) is 12.7. The van der Waals surface area contributed by atoms with Gasteiger partial charge in [0.25, 0.3) is 0 Å². The van der Waals surface area contributed by atoms with Gasteiger partial charge in [0.05, 0.1) is 0 Å². The third kappa shape index (κ3) is 4.65. The van der Waals surface area contributed by atoms with E-state index < -0.39 is 0 Å². The van der Waals surface area contributed by atoms with Crippen LogP contribution in [0.4, 0.5) is 0 Å². The van der Waals surface area contributed by atoms with Crippen LogP contribution in [-0.2, 0) is 6.42 Å².